The highest BCUT2D eigenvalue weighted by Crippen LogP contribution is 2.27. The highest BCUT2D eigenvalue weighted by Gasteiger charge is 2.05. The average molecular weight is 274 g/mol. The van der Waals surface area contributed by atoms with Crippen LogP contribution >= 0.6 is 11.6 Å². The highest BCUT2D eigenvalue weighted by molar-refractivity contribution is 6.32. The molecule has 0 atom stereocenters. The first-order valence-electron chi connectivity index (χ1n) is 5.83. The first kappa shape index (κ1) is 11.9. The first-order valence-corrected chi connectivity index (χ1v) is 6.20. The van der Waals surface area contributed by atoms with Crippen LogP contribution < -0.4 is 10.5 Å². The number of nitrogen functional groups attached to an aromatic ring is 1. The van der Waals surface area contributed by atoms with E-state index in [2.05, 4.69) is 4.98 Å². The number of hydrogen-bond donors (Lipinski definition) is 1. The van der Waals surface area contributed by atoms with E-state index in [-0.39, 0.29) is 0 Å². The van der Waals surface area contributed by atoms with Gasteiger partial charge in [-0.1, -0.05) is 17.7 Å². The van der Waals surface area contributed by atoms with E-state index in [0.29, 0.717) is 23.1 Å². The predicted octanol–water partition coefficient (Wildman–Crippen LogP) is 3.15. The minimum absolute atomic E-state index is 0.352. The van der Waals surface area contributed by atoms with Crippen LogP contribution in [-0.2, 0) is 6.61 Å². The van der Waals surface area contributed by atoms with Gasteiger partial charge >= 0.3 is 0 Å². The van der Waals surface area contributed by atoms with Gasteiger partial charge in [-0.3, -0.25) is 0 Å². The van der Waals surface area contributed by atoms with E-state index in [1.807, 2.05) is 35.0 Å². The van der Waals surface area contributed by atoms with Gasteiger partial charge in [-0.05, 0) is 24.3 Å². The number of aromatic nitrogens is 2. The van der Waals surface area contributed by atoms with Gasteiger partial charge in [-0.15, -0.1) is 0 Å². The van der Waals surface area contributed by atoms with Gasteiger partial charge in [0, 0.05) is 24.1 Å². The van der Waals surface area contributed by atoms with E-state index >= 15 is 0 Å². The average Bonchev–Trinajstić information content (AvgIpc) is 2.82. The zero-order chi connectivity index (χ0) is 13.2. The standard InChI is InChI=1S/C14H12ClN3O/c15-12-5-4-10(16)7-13(12)19-9-11-8-18-6-2-1-3-14(18)17-11/h1-8H,9,16H2. The van der Waals surface area contributed by atoms with Crippen LogP contribution in [0.1, 0.15) is 5.69 Å². The number of hydrogen-bond acceptors (Lipinski definition) is 3. The lowest BCUT2D eigenvalue weighted by molar-refractivity contribution is 0.302. The van der Waals surface area contributed by atoms with Gasteiger partial charge in [0.25, 0.3) is 0 Å². The van der Waals surface area contributed by atoms with Crippen LogP contribution in [0.15, 0.2) is 48.8 Å². The summed E-state index contributed by atoms with van der Waals surface area (Å²) in [6, 6.07) is 11.0. The van der Waals surface area contributed by atoms with Gasteiger partial charge in [-0.2, -0.15) is 0 Å². The lowest BCUT2D eigenvalue weighted by Crippen LogP contribution is -1.97. The van der Waals surface area contributed by atoms with Crippen LogP contribution in [-0.4, -0.2) is 9.38 Å². The Kier molecular flexibility index (Phi) is 3.01. The summed E-state index contributed by atoms with van der Waals surface area (Å²) in [5, 5.41) is 0.540. The Morgan fingerprint density at radius 1 is 1.26 bits per heavy atom. The van der Waals surface area contributed by atoms with Crippen LogP contribution in [0.5, 0.6) is 5.75 Å². The molecule has 0 aliphatic rings. The van der Waals surface area contributed by atoms with Crippen molar-refractivity contribution in [3.05, 3.63) is 59.5 Å². The Bertz CT molecular complexity index is 691. The van der Waals surface area contributed by atoms with Gasteiger partial charge in [0.2, 0.25) is 0 Å². The van der Waals surface area contributed by atoms with Crippen molar-refractivity contribution in [1.29, 1.82) is 0 Å². The summed E-state index contributed by atoms with van der Waals surface area (Å²) in [5.74, 6) is 0.568. The Hall–Kier alpha value is -2.20. The molecule has 96 valence electrons. The number of rotatable bonds is 3. The SMILES string of the molecule is Nc1ccc(Cl)c(OCc2cn3ccccc3n2)c1. The molecular formula is C14H12ClN3O. The third-order valence-corrected chi connectivity index (χ3v) is 3.06. The van der Waals surface area contributed by atoms with Crippen molar-refractivity contribution in [3.8, 4) is 5.75 Å². The second-order valence-corrected chi connectivity index (χ2v) is 4.58. The Balaban J connectivity index is 1.80. The fraction of sp³-hybridized carbons (Fsp3) is 0.0714. The lowest BCUT2D eigenvalue weighted by atomic mass is 10.3. The topological polar surface area (TPSA) is 52.5 Å². The van der Waals surface area contributed by atoms with Crippen LogP contribution in [0.3, 0.4) is 0 Å². The predicted molar refractivity (Wildman–Crippen MR) is 75.4 cm³/mol. The van der Waals surface area contributed by atoms with E-state index in [1.165, 1.54) is 0 Å². The van der Waals surface area contributed by atoms with Gasteiger partial charge in [0.1, 0.15) is 18.0 Å². The van der Waals surface area contributed by atoms with E-state index < -0.39 is 0 Å². The Labute approximate surface area is 115 Å². The molecule has 4 nitrogen and oxygen atoms in total. The van der Waals surface area contributed by atoms with E-state index in [9.17, 15) is 0 Å². The van der Waals surface area contributed by atoms with Crippen molar-refractivity contribution >= 4 is 22.9 Å². The molecule has 0 amide bonds. The molecule has 0 unspecified atom stereocenters. The molecule has 2 heterocycles. The maximum atomic E-state index is 6.03. The number of fused-ring (bicyclic) bond motifs is 1. The molecule has 0 radical (unpaired) electrons. The molecular weight excluding hydrogens is 262 g/mol. The van der Waals surface area contributed by atoms with Crippen molar-refractivity contribution in [2.24, 2.45) is 0 Å². The first-order chi connectivity index (χ1) is 9.22. The van der Waals surface area contributed by atoms with Crippen molar-refractivity contribution in [2.75, 3.05) is 5.73 Å². The van der Waals surface area contributed by atoms with Gasteiger partial charge in [0.05, 0.1) is 10.7 Å². The van der Waals surface area contributed by atoms with Crippen molar-refractivity contribution in [1.82, 2.24) is 9.38 Å². The number of benzene rings is 1. The Morgan fingerprint density at radius 2 is 2.16 bits per heavy atom. The van der Waals surface area contributed by atoms with Crippen LogP contribution in [0, 0.1) is 0 Å². The maximum Gasteiger partial charge on any atom is 0.140 e. The maximum absolute atomic E-state index is 6.03. The molecule has 0 saturated heterocycles. The number of pyridine rings is 1. The van der Waals surface area contributed by atoms with Crippen molar-refractivity contribution in [2.45, 2.75) is 6.61 Å². The zero-order valence-corrected chi connectivity index (χ0v) is 10.8. The summed E-state index contributed by atoms with van der Waals surface area (Å²) >= 11 is 6.03. The van der Waals surface area contributed by atoms with Crippen LogP contribution in [0.2, 0.25) is 5.02 Å². The largest absolute Gasteiger partial charge is 0.486 e. The molecule has 19 heavy (non-hydrogen) atoms. The number of ether oxygens (including phenoxy) is 1. The van der Waals surface area contributed by atoms with Gasteiger partial charge in [0.15, 0.2) is 0 Å². The smallest absolute Gasteiger partial charge is 0.140 e. The number of nitrogens with zero attached hydrogens (tertiary/aromatic N) is 2. The second kappa shape index (κ2) is 4.82. The molecule has 0 saturated carbocycles. The summed E-state index contributed by atoms with van der Waals surface area (Å²) in [5.41, 5.74) is 8.05. The number of halogens is 1. The number of anilines is 1. The monoisotopic (exact) mass is 273 g/mol. The summed E-state index contributed by atoms with van der Waals surface area (Å²) in [6.07, 6.45) is 3.87. The molecule has 2 aromatic heterocycles. The zero-order valence-electron chi connectivity index (χ0n) is 10.1. The lowest BCUT2D eigenvalue weighted by Gasteiger charge is -2.06. The molecule has 1 aromatic carbocycles. The van der Waals surface area contributed by atoms with E-state index in [0.717, 1.165) is 11.3 Å². The minimum atomic E-state index is 0.352. The normalized spacial score (nSPS) is 10.8. The summed E-state index contributed by atoms with van der Waals surface area (Å²) in [6.45, 7) is 0.352. The van der Waals surface area contributed by atoms with Crippen molar-refractivity contribution < 1.29 is 4.74 Å². The third kappa shape index (κ3) is 2.48. The number of imidazole rings is 1. The van der Waals surface area contributed by atoms with E-state index in [1.54, 1.807) is 18.2 Å². The quantitative estimate of drug-likeness (QED) is 0.746. The molecule has 3 aromatic rings. The molecule has 2 N–H and O–H groups in total. The molecule has 0 spiro atoms. The van der Waals surface area contributed by atoms with Crippen LogP contribution in [0.25, 0.3) is 5.65 Å². The van der Waals surface area contributed by atoms with Gasteiger partial charge < -0.3 is 14.9 Å². The summed E-state index contributed by atoms with van der Waals surface area (Å²) in [7, 11) is 0. The second-order valence-electron chi connectivity index (χ2n) is 4.18. The third-order valence-electron chi connectivity index (χ3n) is 2.74. The summed E-state index contributed by atoms with van der Waals surface area (Å²) < 4.78 is 7.59. The summed E-state index contributed by atoms with van der Waals surface area (Å²) in [4.78, 5) is 4.44. The molecule has 0 bridgehead atoms. The molecule has 0 fully saturated rings. The fourth-order valence-corrected chi connectivity index (χ4v) is 2.01. The van der Waals surface area contributed by atoms with Crippen molar-refractivity contribution in [3.63, 3.8) is 0 Å². The van der Waals surface area contributed by atoms with E-state index in [4.69, 9.17) is 22.1 Å². The van der Waals surface area contributed by atoms with Gasteiger partial charge in [-0.25, -0.2) is 4.98 Å². The molecule has 3 rings (SSSR count). The minimum Gasteiger partial charge on any atom is -0.486 e. The van der Waals surface area contributed by atoms with Crippen LogP contribution in [0.4, 0.5) is 5.69 Å². The number of nitrogens with two attached hydrogens (primary N) is 1. The fourth-order valence-electron chi connectivity index (χ4n) is 1.84. The highest BCUT2D eigenvalue weighted by atomic mass is 35.5. The molecule has 0 aliphatic carbocycles. The molecule has 5 heteroatoms. The molecule has 0 aliphatic heterocycles. The Morgan fingerprint density at radius 3 is 3.00 bits per heavy atom.